The summed E-state index contributed by atoms with van der Waals surface area (Å²) in [4.78, 5) is 6.38. The molecule has 0 amide bonds. The maximum atomic E-state index is 13.9. The van der Waals surface area contributed by atoms with Crippen LogP contribution >= 0.6 is 0 Å². The predicted octanol–water partition coefficient (Wildman–Crippen LogP) is 2.90. The van der Waals surface area contributed by atoms with Crippen LogP contribution in [-0.2, 0) is 13.1 Å². The molecule has 0 aliphatic carbocycles. The zero-order valence-electron chi connectivity index (χ0n) is 13.3. The van der Waals surface area contributed by atoms with E-state index in [1.165, 1.54) is 6.07 Å². The van der Waals surface area contributed by atoms with Gasteiger partial charge in [0.2, 0.25) is 0 Å². The second-order valence-corrected chi connectivity index (χ2v) is 5.29. The van der Waals surface area contributed by atoms with Crippen LogP contribution in [0.3, 0.4) is 0 Å². The number of benzene rings is 2. The third-order valence-corrected chi connectivity index (χ3v) is 3.30. The lowest BCUT2D eigenvalue weighted by molar-refractivity contribution is 0.567. The standard InChI is InChI=1S/C18H19FN4/c1-23(2)18(21-12-14-6-4-3-5-7-14)22-13-16-9-8-15(11-20)10-17(16)19/h3-10H,12-13H2,1-2H3,(H,21,22). The summed E-state index contributed by atoms with van der Waals surface area (Å²) in [6, 6.07) is 16.3. The molecule has 1 N–H and O–H groups in total. The van der Waals surface area contributed by atoms with Crippen LogP contribution in [0.25, 0.3) is 0 Å². The largest absolute Gasteiger partial charge is 0.352 e. The molecule has 0 heterocycles. The zero-order chi connectivity index (χ0) is 16.7. The Kier molecular flexibility index (Phi) is 5.70. The molecule has 23 heavy (non-hydrogen) atoms. The van der Waals surface area contributed by atoms with E-state index in [0.717, 1.165) is 5.56 Å². The molecule has 0 aromatic heterocycles. The minimum absolute atomic E-state index is 0.309. The first-order valence-corrected chi connectivity index (χ1v) is 7.28. The van der Waals surface area contributed by atoms with Crippen LogP contribution in [-0.4, -0.2) is 25.0 Å². The number of nitrogens with zero attached hydrogens (tertiary/aromatic N) is 3. The lowest BCUT2D eigenvalue weighted by Gasteiger charge is -2.18. The Morgan fingerprint density at radius 2 is 1.96 bits per heavy atom. The van der Waals surface area contributed by atoms with Crippen molar-refractivity contribution in [1.29, 1.82) is 5.26 Å². The topological polar surface area (TPSA) is 51.4 Å². The maximum Gasteiger partial charge on any atom is 0.194 e. The van der Waals surface area contributed by atoms with E-state index in [1.54, 1.807) is 12.1 Å². The van der Waals surface area contributed by atoms with Gasteiger partial charge >= 0.3 is 0 Å². The number of rotatable bonds is 4. The molecule has 0 saturated heterocycles. The molecule has 0 atom stereocenters. The van der Waals surface area contributed by atoms with Crippen molar-refractivity contribution in [2.75, 3.05) is 14.1 Å². The number of aliphatic imine (C=N–C) groups is 1. The summed E-state index contributed by atoms with van der Waals surface area (Å²) in [6.07, 6.45) is 0. The van der Waals surface area contributed by atoms with Gasteiger partial charge in [-0.1, -0.05) is 36.4 Å². The van der Waals surface area contributed by atoms with Crippen molar-refractivity contribution < 1.29 is 4.39 Å². The van der Waals surface area contributed by atoms with E-state index in [4.69, 9.17) is 5.26 Å². The van der Waals surface area contributed by atoms with Crippen LogP contribution in [0.5, 0.6) is 0 Å². The predicted molar refractivity (Wildman–Crippen MR) is 89.2 cm³/mol. The Labute approximate surface area is 135 Å². The number of halogens is 1. The highest BCUT2D eigenvalue weighted by atomic mass is 19.1. The molecule has 0 fully saturated rings. The van der Waals surface area contributed by atoms with Gasteiger partial charge in [-0.25, -0.2) is 9.38 Å². The highest BCUT2D eigenvalue weighted by Crippen LogP contribution is 2.10. The lowest BCUT2D eigenvalue weighted by Crippen LogP contribution is -2.36. The Hall–Kier alpha value is -2.87. The molecule has 0 radical (unpaired) electrons. The van der Waals surface area contributed by atoms with Gasteiger partial charge in [-0.15, -0.1) is 0 Å². The first-order valence-electron chi connectivity index (χ1n) is 7.28. The number of hydrogen-bond donors (Lipinski definition) is 1. The molecule has 0 unspecified atom stereocenters. The van der Waals surface area contributed by atoms with Crippen molar-refractivity contribution in [3.8, 4) is 6.07 Å². The van der Waals surface area contributed by atoms with Crippen molar-refractivity contribution >= 4 is 5.96 Å². The molecule has 0 aliphatic rings. The lowest BCUT2D eigenvalue weighted by atomic mass is 10.1. The summed E-state index contributed by atoms with van der Waals surface area (Å²) in [5.41, 5.74) is 1.92. The molecule has 4 nitrogen and oxygen atoms in total. The minimum atomic E-state index is -0.391. The molecular formula is C18H19FN4. The van der Waals surface area contributed by atoms with E-state index >= 15 is 0 Å². The smallest absolute Gasteiger partial charge is 0.194 e. The van der Waals surface area contributed by atoms with Gasteiger partial charge in [-0.05, 0) is 17.7 Å². The number of guanidine groups is 1. The van der Waals surface area contributed by atoms with Crippen molar-refractivity contribution in [3.63, 3.8) is 0 Å². The fourth-order valence-corrected chi connectivity index (χ4v) is 2.04. The van der Waals surface area contributed by atoms with Gasteiger partial charge in [0.25, 0.3) is 0 Å². The van der Waals surface area contributed by atoms with Crippen LogP contribution in [0.15, 0.2) is 53.5 Å². The molecule has 2 aromatic rings. The Bertz CT molecular complexity index is 718. The Morgan fingerprint density at radius 1 is 1.22 bits per heavy atom. The fourth-order valence-electron chi connectivity index (χ4n) is 2.04. The van der Waals surface area contributed by atoms with Gasteiger partial charge in [-0.2, -0.15) is 5.26 Å². The molecule has 2 rings (SSSR count). The summed E-state index contributed by atoms with van der Waals surface area (Å²) in [7, 11) is 3.76. The summed E-state index contributed by atoms with van der Waals surface area (Å²) in [6.45, 7) is 0.862. The summed E-state index contributed by atoms with van der Waals surface area (Å²) in [5, 5.41) is 11.9. The summed E-state index contributed by atoms with van der Waals surface area (Å²) >= 11 is 0. The first-order chi connectivity index (χ1) is 11.1. The average Bonchev–Trinajstić information content (AvgIpc) is 2.56. The first kappa shape index (κ1) is 16.5. The van der Waals surface area contributed by atoms with E-state index in [-0.39, 0.29) is 0 Å². The van der Waals surface area contributed by atoms with Crippen LogP contribution in [0.2, 0.25) is 0 Å². The second-order valence-electron chi connectivity index (χ2n) is 5.29. The highest BCUT2D eigenvalue weighted by Gasteiger charge is 2.06. The van der Waals surface area contributed by atoms with Crippen LogP contribution in [0.4, 0.5) is 4.39 Å². The van der Waals surface area contributed by atoms with Gasteiger partial charge < -0.3 is 10.2 Å². The molecule has 0 bridgehead atoms. The van der Waals surface area contributed by atoms with Crippen molar-refractivity contribution in [2.45, 2.75) is 13.1 Å². The minimum Gasteiger partial charge on any atom is -0.352 e. The zero-order valence-corrected chi connectivity index (χ0v) is 13.3. The maximum absolute atomic E-state index is 13.9. The summed E-state index contributed by atoms with van der Waals surface area (Å²) < 4.78 is 13.9. The molecule has 0 saturated carbocycles. The van der Waals surface area contributed by atoms with Crippen LogP contribution < -0.4 is 5.32 Å². The van der Waals surface area contributed by atoms with Crippen molar-refractivity contribution in [1.82, 2.24) is 10.2 Å². The van der Waals surface area contributed by atoms with E-state index in [9.17, 15) is 4.39 Å². The van der Waals surface area contributed by atoms with Crippen LogP contribution in [0.1, 0.15) is 16.7 Å². The Balaban J connectivity index is 2.04. The van der Waals surface area contributed by atoms with Crippen molar-refractivity contribution in [2.24, 2.45) is 4.99 Å². The van der Waals surface area contributed by atoms with Gasteiger partial charge in [0.1, 0.15) is 5.82 Å². The van der Waals surface area contributed by atoms with Gasteiger partial charge in [-0.3, -0.25) is 0 Å². The molecule has 0 spiro atoms. The molecule has 5 heteroatoms. The molecule has 2 aromatic carbocycles. The van der Waals surface area contributed by atoms with E-state index in [1.807, 2.05) is 55.4 Å². The third-order valence-electron chi connectivity index (χ3n) is 3.30. The monoisotopic (exact) mass is 310 g/mol. The molecular weight excluding hydrogens is 291 g/mol. The fraction of sp³-hybridized carbons (Fsp3) is 0.222. The third kappa shape index (κ3) is 4.82. The second kappa shape index (κ2) is 7.95. The SMILES string of the molecule is CN(C)C(=NCc1ccccc1)NCc1ccc(C#N)cc1F. The highest BCUT2D eigenvalue weighted by molar-refractivity contribution is 5.79. The van der Waals surface area contributed by atoms with Gasteiger partial charge in [0.15, 0.2) is 5.96 Å². The van der Waals surface area contributed by atoms with E-state index < -0.39 is 5.82 Å². The summed E-state index contributed by atoms with van der Waals surface area (Å²) in [5.74, 6) is 0.287. The number of nitrogens with one attached hydrogen (secondary N) is 1. The van der Waals surface area contributed by atoms with Crippen LogP contribution in [0, 0.1) is 17.1 Å². The molecule has 118 valence electrons. The Morgan fingerprint density at radius 3 is 2.57 bits per heavy atom. The van der Waals surface area contributed by atoms with E-state index in [0.29, 0.717) is 30.2 Å². The quantitative estimate of drug-likeness (QED) is 0.698. The van der Waals surface area contributed by atoms with Crippen molar-refractivity contribution in [3.05, 3.63) is 71.0 Å². The van der Waals surface area contributed by atoms with E-state index in [2.05, 4.69) is 10.3 Å². The average molecular weight is 310 g/mol. The molecule has 0 aliphatic heterocycles. The normalized spacial score (nSPS) is 11.0. The van der Waals surface area contributed by atoms with Gasteiger partial charge in [0.05, 0.1) is 18.2 Å². The van der Waals surface area contributed by atoms with Gasteiger partial charge in [0, 0.05) is 26.2 Å². The number of nitriles is 1. The number of hydrogen-bond acceptors (Lipinski definition) is 2.